The van der Waals surface area contributed by atoms with Crippen molar-refractivity contribution in [3.05, 3.63) is 46.2 Å². The molecule has 1 fully saturated rings. The first-order chi connectivity index (χ1) is 13.0. The number of aromatic amines is 1. The molecular weight excluding hydrogens is 340 g/mol. The summed E-state index contributed by atoms with van der Waals surface area (Å²) < 4.78 is 1.85. The molecule has 7 heteroatoms. The number of aromatic nitrogens is 5. The van der Waals surface area contributed by atoms with Crippen LogP contribution in [0.3, 0.4) is 0 Å². The zero-order valence-electron chi connectivity index (χ0n) is 16.4. The van der Waals surface area contributed by atoms with E-state index in [4.69, 9.17) is 0 Å². The maximum absolute atomic E-state index is 13.0. The van der Waals surface area contributed by atoms with Gasteiger partial charge >= 0.3 is 0 Å². The first kappa shape index (κ1) is 17.7. The number of amides is 1. The molecule has 4 heterocycles. The van der Waals surface area contributed by atoms with Crippen LogP contribution in [0.2, 0.25) is 0 Å². The van der Waals surface area contributed by atoms with Crippen LogP contribution in [0.15, 0.2) is 12.3 Å². The van der Waals surface area contributed by atoms with Gasteiger partial charge in [0.1, 0.15) is 0 Å². The minimum atomic E-state index is 0.144. The van der Waals surface area contributed by atoms with Gasteiger partial charge in [-0.2, -0.15) is 10.2 Å². The fourth-order valence-corrected chi connectivity index (χ4v) is 4.42. The Morgan fingerprint density at radius 3 is 2.81 bits per heavy atom. The average Bonchev–Trinajstić information content (AvgIpc) is 3.35. The topological polar surface area (TPSA) is 79.2 Å². The SMILES string of the molecule is Cc1nc2ccnn2c(C)c1CCC(=O)N1CCCC1c1c(C)n[nH]c1C. The number of nitrogens with zero attached hydrogens (tertiary/aromatic N) is 5. The van der Waals surface area contributed by atoms with Crippen LogP contribution in [0.25, 0.3) is 5.65 Å². The van der Waals surface area contributed by atoms with Gasteiger partial charge in [0, 0.05) is 41.7 Å². The highest BCUT2D eigenvalue weighted by Crippen LogP contribution is 2.35. The van der Waals surface area contributed by atoms with Gasteiger partial charge in [0.05, 0.1) is 17.9 Å². The molecule has 1 amide bonds. The highest BCUT2D eigenvalue weighted by Gasteiger charge is 2.32. The van der Waals surface area contributed by atoms with Gasteiger partial charge in [0.2, 0.25) is 5.91 Å². The van der Waals surface area contributed by atoms with Crippen LogP contribution in [-0.2, 0) is 11.2 Å². The number of fused-ring (bicyclic) bond motifs is 1. The first-order valence-electron chi connectivity index (χ1n) is 9.58. The van der Waals surface area contributed by atoms with Gasteiger partial charge in [-0.25, -0.2) is 9.50 Å². The monoisotopic (exact) mass is 366 g/mol. The lowest BCUT2D eigenvalue weighted by Crippen LogP contribution is -2.31. The largest absolute Gasteiger partial charge is 0.336 e. The van der Waals surface area contributed by atoms with Crippen LogP contribution in [0.4, 0.5) is 0 Å². The van der Waals surface area contributed by atoms with E-state index in [-0.39, 0.29) is 11.9 Å². The number of hydrogen-bond donors (Lipinski definition) is 1. The molecule has 0 saturated carbocycles. The molecule has 1 saturated heterocycles. The number of carbonyl (C=O) groups excluding carboxylic acids is 1. The smallest absolute Gasteiger partial charge is 0.223 e. The summed E-state index contributed by atoms with van der Waals surface area (Å²) in [5, 5.41) is 11.7. The molecule has 1 N–H and O–H groups in total. The van der Waals surface area contributed by atoms with E-state index in [0.717, 1.165) is 53.4 Å². The quantitative estimate of drug-likeness (QED) is 0.770. The van der Waals surface area contributed by atoms with Gasteiger partial charge in [-0.05, 0) is 52.5 Å². The second-order valence-corrected chi connectivity index (χ2v) is 7.46. The van der Waals surface area contributed by atoms with Crippen molar-refractivity contribution in [3.63, 3.8) is 0 Å². The normalized spacial score (nSPS) is 17.2. The molecule has 27 heavy (non-hydrogen) atoms. The highest BCUT2D eigenvalue weighted by molar-refractivity contribution is 5.77. The van der Waals surface area contributed by atoms with Gasteiger partial charge in [0.15, 0.2) is 5.65 Å². The lowest BCUT2D eigenvalue weighted by molar-refractivity contribution is -0.132. The highest BCUT2D eigenvalue weighted by atomic mass is 16.2. The molecule has 1 aliphatic heterocycles. The van der Waals surface area contributed by atoms with E-state index in [1.165, 1.54) is 5.56 Å². The van der Waals surface area contributed by atoms with E-state index >= 15 is 0 Å². The molecule has 3 aromatic rings. The second kappa shape index (κ2) is 6.79. The zero-order valence-corrected chi connectivity index (χ0v) is 16.4. The van der Waals surface area contributed by atoms with E-state index in [0.29, 0.717) is 12.8 Å². The number of hydrogen-bond acceptors (Lipinski definition) is 4. The van der Waals surface area contributed by atoms with Crippen molar-refractivity contribution in [2.75, 3.05) is 6.54 Å². The van der Waals surface area contributed by atoms with E-state index in [2.05, 4.69) is 20.3 Å². The zero-order chi connectivity index (χ0) is 19.1. The van der Waals surface area contributed by atoms with E-state index in [9.17, 15) is 4.79 Å². The van der Waals surface area contributed by atoms with Crippen molar-refractivity contribution < 1.29 is 4.79 Å². The molecule has 4 rings (SSSR count). The van der Waals surface area contributed by atoms with Crippen molar-refractivity contribution in [3.8, 4) is 0 Å². The van der Waals surface area contributed by atoms with Crippen LogP contribution >= 0.6 is 0 Å². The third-order valence-electron chi connectivity index (χ3n) is 5.78. The van der Waals surface area contributed by atoms with Gasteiger partial charge in [0.25, 0.3) is 0 Å². The number of carbonyl (C=O) groups is 1. The van der Waals surface area contributed by atoms with Gasteiger partial charge in [-0.1, -0.05) is 0 Å². The minimum Gasteiger partial charge on any atom is -0.336 e. The summed E-state index contributed by atoms with van der Waals surface area (Å²) in [5.74, 6) is 0.205. The molecule has 1 atom stereocenters. The van der Waals surface area contributed by atoms with Crippen LogP contribution in [0, 0.1) is 27.7 Å². The number of rotatable bonds is 4. The Hall–Kier alpha value is -2.70. The molecule has 0 spiro atoms. The standard InChI is InChI=1S/C20H26N6O/c1-12-16(15(4)26-18(22-12)9-10-21-26)7-8-19(27)25-11-5-6-17(25)20-13(2)23-24-14(20)3/h9-10,17H,5-8,11H2,1-4H3,(H,23,24). The minimum absolute atomic E-state index is 0.144. The fourth-order valence-electron chi connectivity index (χ4n) is 4.42. The molecule has 1 aliphatic rings. The summed E-state index contributed by atoms with van der Waals surface area (Å²) in [6.45, 7) is 8.93. The molecule has 3 aromatic heterocycles. The van der Waals surface area contributed by atoms with E-state index in [1.807, 2.05) is 43.2 Å². The number of nitrogens with one attached hydrogen (secondary N) is 1. The van der Waals surface area contributed by atoms with Crippen LogP contribution in [-0.4, -0.2) is 42.1 Å². The molecule has 1 unspecified atom stereocenters. The van der Waals surface area contributed by atoms with Crippen molar-refractivity contribution in [1.82, 2.24) is 29.7 Å². The van der Waals surface area contributed by atoms with Gasteiger partial charge in [-0.15, -0.1) is 0 Å². The summed E-state index contributed by atoms with van der Waals surface area (Å²) in [5.41, 5.74) is 7.27. The Bertz CT molecular complexity index is 982. The maximum Gasteiger partial charge on any atom is 0.223 e. The van der Waals surface area contributed by atoms with Crippen molar-refractivity contribution in [2.24, 2.45) is 0 Å². The van der Waals surface area contributed by atoms with Crippen LogP contribution in [0.1, 0.15) is 59.2 Å². The Morgan fingerprint density at radius 2 is 2.07 bits per heavy atom. The Labute approximate surface area is 158 Å². The van der Waals surface area contributed by atoms with E-state index < -0.39 is 0 Å². The van der Waals surface area contributed by atoms with Crippen LogP contribution in [0.5, 0.6) is 0 Å². The van der Waals surface area contributed by atoms with Crippen molar-refractivity contribution >= 4 is 11.6 Å². The molecular formula is C20H26N6O. The molecule has 142 valence electrons. The van der Waals surface area contributed by atoms with Gasteiger partial charge in [-0.3, -0.25) is 9.89 Å². The lowest BCUT2D eigenvalue weighted by Gasteiger charge is -2.25. The van der Waals surface area contributed by atoms with Crippen molar-refractivity contribution in [1.29, 1.82) is 0 Å². The molecule has 0 radical (unpaired) electrons. The third kappa shape index (κ3) is 3.01. The predicted octanol–water partition coefficient (Wildman–Crippen LogP) is 2.98. The lowest BCUT2D eigenvalue weighted by atomic mass is 10.0. The predicted molar refractivity (Wildman–Crippen MR) is 103 cm³/mol. The van der Waals surface area contributed by atoms with E-state index in [1.54, 1.807) is 6.20 Å². The summed E-state index contributed by atoms with van der Waals surface area (Å²) >= 11 is 0. The van der Waals surface area contributed by atoms with Crippen LogP contribution < -0.4 is 0 Å². The fraction of sp³-hybridized carbons (Fsp3) is 0.500. The number of likely N-dealkylation sites (tertiary alicyclic amines) is 1. The third-order valence-corrected chi connectivity index (χ3v) is 5.78. The average molecular weight is 366 g/mol. The Morgan fingerprint density at radius 1 is 1.26 bits per heavy atom. The summed E-state index contributed by atoms with van der Waals surface area (Å²) in [4.78, 5) is 19.7. The number of aryl methyl sites for hydroxylation is 4. The Balaban J connectivity index is 1.53. The molecule has 7 nitrogen and oxygen atoms in total. The molecule has 0 aliphatic carbocycles. The number of H-pyrrole nitrogens is 1. The van der Waals surface area contributed by atoms with Crippen molar-refractivity contribution in [2.45, 2.75) is 59.4 Å². The summed E-state index contributed by atoms with van der Waals surface area (Å²) in [6, 6.07) is 2.05. The summed E-state index contributed by atoms with van der Waals surface area (Å²) in [6.07, 6.45) is 4.98. The summed E-state index contributed by atoms with van der Waals surface area (Å²) in [7, 11) is 0. The first-order valence-corrected chi connectivity index (χ1v) is 9.58. The Kier molecular flexibility index (Phi) is 4.45. The molecule has 0 bridgehead atoms. The maximum atomic E-state index is 13.0. The van der Waals surface area contributed by atoms with Gasteiger partial charge < -0.3 is 4.90 Å². The molecule has 0 aromatic carbocycles. The second-order valence-electron chi connectivity index (χ2n) is 7.46.